The van der Waals surface area contributed by atoms with Crippen LogP contribution in [0.4, 0.5) is 5.69 Å². The van der Waals surface area contributed by atoms with E-state index in [4.69, 9.17) is 5.73 Å². The number of aliphatic hydroxyl groups excluding tert-OH is 1. The van der Waals surface area contributed by atoms with Crippen LogP contribution in [0, 0.1) is 0 Å². The van der Waals surface area contributed by atoms with E-state index in [1.54, 1.807) is 0 Å². The van der Waals surface area contributed by atoms with Crippen LogP contribution in [0.2, 0.25) is 0 Å². The lowest BCUT2D eigenvalue weighted by Crippen LogP contribution is -2.50. The van der Waals surface area contributed by atoms with Gasteiger partial charge in [-0.3, -0.25) is 9.11 Å². The van der Waals surface area contributed by atoms with Crippen molar-refractivity contribution in [3.8, 4) is 0 Å². The number of anilines is 1. The van der Waals surface area contributed by atoms with Gasteiger partial charge in [0.1, 0.15) is 5.76 Å². The molecule has 10 heteroatoms. The fourth-order valence-corrected chi connectivity index (χ4v) is 4.30. The highest BCUT2D eigenvalue weighted by atomic mass is 32.3. The Morgan fingerprint density at radius 2 is 1.65 bits per heavy atom. The maximum Gasteiger partial charge on any atom is 0.292 e. The van der Waals surface area contributed by atoms with Crippen molar-refractivity contribution >= 4 is 37.8 Å². The Bertz CT molecular complexity index is 867. The molecule has 5 N–H and O–H groups in total. The molecule has 0 saturated heterocycles. The predicted molar refractivity (Wildman–Crippen MR) is 71.1 cm³/mol. The average Bonchev–Trinajstić information content (AvgIpc) is 2.24. The third kappa shape index (κ3) is 2.06. The topological polar surface area (TPSA) is 155 Å². The second-order valence-corrected chi connectivity index (χ2v) is 7.99. The molecule has 0 spiro atoms. The smallest absolute Gasteiger partial charge is 0.292 e. The van der Waals surface area contributed by atoms with Gasteiger partial charge in [-0.25, -0.2) is 0 Å². The lowest BCUT2D eigenvalue weighted by molar-refractivity contribution is 0.422. The Kier molecular flexibility index (Phi) is 3.09. The number of nitrogen functional groups attached to an aromatic ring is 1. The van der Waals surface area contributed by atoms with E-state index in [1.807, 2.05) is 0 Å². The molecule has 1 aromatic carbocycles. The van der Waals surface area contributed by atoms with Crippen molar-refractivity contribution < 1.29 is 31.0 Å². The van der Waals surface area contributed by atoms with Crippen LogP contribution in [0.15, 0.2) is 18.2 Å². The third-order valence-corrected chi connectivity index (χ3v) is 6.58. The van der Waals surface area contributed by atoms with Crippen molar-refractivity contribution in [2.75, 3.05) is 5.73 Å². The molecule has 0 bridgehead atoms. The Morgan fingerprint density at radius 1 is 1.10 bits per heavy atom. The summed E-state index contributed by atoms with van der Waals surface area (Å²) in [4.78, 5) is 0. The highest BCUT2D eigenvalue weighted by molar-refractivity contribution is 8.06. The molecule has 8 nitrogen and oxygen atoms in total. The molecule has 0 aromatic heterocycles. The zero-order valence-corrected chi connectivity index (χ0v) is 11.5. The van der Waals surface area contributed by atoms with Crippen LogP contribution in [-0.4, -0.2) is 35.1 Å². The molecule has 20 heavy (non-hydrogen) atoms. The predicted octanol–water partition coefficient (Wildman–Crippen LogP) is -1.41. The fraction of sp³-hybridized carbons (Fsp3) is 0.200. The minimum absolute atomic E-state index is 0.0241. The van der Waals surface area contributed by atoms with Crippen LogP contribution < -0.4 is 16.2 Å². The first kappa shape index (κ1) is 14.8. The summed E-state index contributed by atoms with van der Waals surface area (Å²) < 4.78 is 61.0. The summed E-state index contributed by atoms with van der Waals surface area (Å²) in [6.07, 6.45) is -0.343. The highest BCUT2D eigenvalue weighted by Crippen LogP contribution is 2.33. The van der Waals surface area contributed by atoms with E-state index in [1.165, 1.54) is 18.2 Å². The van der Waals surface area contributed by atoms with Gasteiger partial charge in [-0.05, 0) is 29.5 Å². The second kappa shape index (κ2) is 4.19. The lowest BCUT2D eigenvalue weighted by Gasteiger charge is -2.26. The maximum absolute atomic E-state index is 11.4. The highest BCUT2D eigenvalue weighted by Gasteiger charge is 2.54. The molecule has 0 atom stereocenters. The second-order valence-electron chi connectivity index (χ2n) is 4.38. The van der Waals surface area contributed by atoms with Crippen molar-refractivity contribution in [3.63, 3.8) is 0 Å². The van der Waals surface area contributed by atoms with E-state index in [2.05, 4.69) is 0 Å². The standard InChI is InChI=1S/C10H11NO7S2/c11-7-1-2-8-6(3-7)4-10(5-9(8)12,19(13,14)15)20(16,17)18/h1-4,12H,5,11H2,(H,13,14,15)(H,16,17,18). The Hall–Kier alpha value is -1.62. The molecule has 0 unspecified atom stereocenters. The summed E-state index contributed by atoms with van der Waals surface area (Å²) in [6.45, 7) is 0. The fourth-order valence-electron chi connectivity index (χ4n) is 2.04. The minimum atomic E-state index is -5.25. The Balaban J connectivity index is 3.00. The molecule has 110 valence electrons. The zero-order valence-electron chi connectivity index (χ0n) is 9.88. The molecule has 1 aliphatic carbocycles. The number of fused-ring (bicyclic) bond motifs is 1. The van der Waals surface area contributed by atoms with Crippen LogP contribution >= 0.6 is 0 Å². The third-order valence-electron chi connectivity index (χ3n) is 3.05. The molecule has 0 heterocycles. The molecule has 0 radical (unpaired) electrons. The summed E-state index contributed by atoms with van der Waals surface area (Å²) >= 11 is 0. The van der Waals surface area contributed by atoms with Gasteiger partial charge in [-0.1, -0.05) is 0 Å². The van der Waals surface area contributed by atoms with E-state index in [9.17, 15) is 31.0 Å². The summed E-state index contributed by atoms with van der Waals surface area (Å²) in [5, 5.41) is 9.96. The van der Waals surface area contributed by atoms with Gasteiger partial charge in [0.2, 0.25) is 4.08 Å². The summed E-state index contributed by atoms with van der Waals surface area (Å²) in [5.74, 6) is -0.599. The van der Waals surface area contributed by atoms with Crippen LogP contribution in [0.25, 0.3) is 11.8 Å². The lowest BCUT2D eigenvalue weighted by atomic mass is 10.0. The molecule has 0 fully saturated rings. The molecular weight excluding hydrogens is 310 g/mol. The van der Waals surface area contributed by atoms with Gasteiger partial charge in [-0.15, -0.1) is 0 Å². The minimum Gasteiger partial charge on any atom is -0.512 e. The number of hydrogen-bond donors (Lipinski definition) is 4. The van der Waals surface area contributed by atoms with Crippen molar-refractivity contribution in [2.45, 2.75) is 10.5 Å². The van der Waals surface area contributed by atoms with E-state index in [0.29, 0.717) is 6.08 Å². The van der Waals surface area contributed by atoms with Crippen LogP contribution in [0.5, 0.6) is 0 Å². The van der Waals surface area contributed by atoms with Crippen LogP contribution in [0.1, 0.15) is 6.42 Å². The van der Waals surface area contributed by atoms with E-state index >= 15 is 0 Å². The molecule has 0 aliphatic heterocycles. The summed E-state index contributed by atoms with van der Waals surface area (Å²) in [7, 11) is -10.5. The first-order valence-corrected chi connectivity index (χ1v) is 8.10. The van der Waals surface area contributed by atoms with E-state index in [0.717, 1.165) is 0 Å². The molecule has 1 aromatic rings. The molecule has 0 saturated carbocycles. The van der Waals surface area contributed by atoms with E-state index < -0.39 is 36.5 Å². The zero-order chi connectivity index (χ0) is 15.3. The van der Waals surface area contributed by atoms with E-state index in [-0.39, 0.29) is 16.1 Å². The largest absolute Gasteiger partial charge is 0.512 e. The van der Waals surface area contributed by atoms with Gasteiger partial charge < -0.3 is 10.8 Å². The SMILES string of the molecule is Nc1ccc2c(c1)=CC(S(=O)(=O)O)(S(=O)(=O)O)CC=2O. The van der Waals surface area contributed by atoms with Gasteiger partial charge in [0.15, 0.2) is 0 Å². The van der Waals surface area contributed by atoms with Crippen molar-refractivity contribution in [1.82, 2.24) is 0 Å². The number of hydrogen-bond acceptors (Lipinski definition) is 6. The van der Waals surface area contributed by atoms with Gasteiger partial charge in [0.05, 0.1) is 0 Å². The van der Waals surface area contributed by atoms with Crippen molar-refractivity contribution in [3.05, 3.63) is 28.6 Å². The number of benzene rings is 1. The van der Waals surface area contributed by atoms with Gasteiger partial charge in [-0.2, -0.15) is 16.8 Å². The summed E-state index contributed by atoms with van der Waals surface area (Å²) in [6, 6.07) is 4.01. The van der Waals surface area contributed by atoms with Gasteiger partial charge in [0, 0.05) is 17.3 Å². The number of aliphatic hydroxyl groups is 1. The first-order chi connectivity index (χ1) is 8.98. The molecule has 2 rings (SSSR count). The quantitative estimate of drug-likeness (QED) is 0.382. The molecule has 1 aliphatic rings. The maximum atomic E-state index is 11.4. The Morgan fingerprint density at radius 3 is 2.15 bits per heavy atom. The van der Waals surface area contributed by atoms with Gasteiger partial charge >= 0.3 is 0 Å². The van der Waals surface area contributed by atoms with Crippen LogP contribution in [-0.2, 0) is 20.2 Å². The molecule has 0 amide bonds. The first-order valence-electron chi connectivity index (χ1n) is 5.22. The average molecular weight is 321 g/mol. The van der Waals surface area contributed by atoms with Crippen LogP contribution in [0.3, 0.4) is 0 Å². The van der Waals surface area contributed by atoms with Crippen molar-refractivity contribution in [1.29, 1.82) is 0 Å². The Labute approximate surface area is 114 Å². The van der Waals surface area contributed by atoms with Crippen molar-refractivity contribution in [2.24, 2.45) is 0 Å². The number of nitrogens with two attached hydrogens (primary N) is 1. The summed E-state index contributed by atoms with van der Waals surface area (Å²) in [5.41, 5.74) is 5.69. The molecular formula is C10H11NO7S2. The number of rotatable bonds is 2. The van der Waals surface area contributed by atoms with Gasteiger partial charge in [0.25, 0.3) is 20.2 Å². The normalized spacial score (nSPS) is 18.2. The monoisotopic (exact) mass is 321 g/mol.